The molecule has 0 atom stereocenters. The second-order valence-corrected chi connectivity index (χ2v) is 7.51. The van der Waals surface area contributed by atoms with Gasteiger partial charge >= 0.3 is 0 Å². The van der Waals surface area contributed by atoms with Gasteiger partial charge in [0.15, 0.2) is 0 Å². The fourth-order valence-electron chi connectivity index (χ4n) is 4.88. The van der Waals surface area contributed by atoms with Crippen molar-refractivity contribution in [2.45, 2.75) is 6.42 Å². The Kier molecular flexibility index (Phi) is 6.17. The maximum Gasteiger partial charge on any atom is 0.0916 e. The fourth-order valence-corrected chi connectivity index (χ4v) is 4.88. The second-order valence-electron chi connectivity index (χ2n) is 7.51. The molecule has 6 saturated heterocycles. The maximum absolute atomic E-state index is 2.66. The van der Waals surface area contributed by atoms with Crippen LogP contribution in [0.3, 0.4) is 0 Å². The molecule has 0 aromatic rings. The molecule has 0 aromatic carbocycles. The molecule has 0 amide bonds. The molecule has 0 saturated carbocycles. The van der Waals surface area contributed by atoms with E-state index < -0.39 is 0 Å². The Balaban J connectivity index is 0.000000807. The number of fused-ring (bicyclic) bond motifs is 6. The monoisotopic (exact) mass is 424 g/mol. The van der Waals surface area contributed by atoms with Crippen molar-refractivity contribution < 1.29 is 42.9 Å². The van der Waals surface area contributed by atoms with E-state index in [1.165, 1.54) is 107 Å². The number of piperazine rings is 6. The highest BCUT2D eigenvalue weighted by molar-refractivity contribution is 4.72. The summed E-state index contributed by atoms with van der Waals surface area (Å²) in [6.07, 6.45) is 1.47. The summed E-state index contributed by atoms with van der Waals surface area (Å²) >= 11 is 0. The molecule has 4 bridgehead atoms. The standard InChI is InChI=1S/C15H30N4.2BrH/c1(8-18-10-2-16(3-11-18)4-12-18)9-19-13-5-17(6-14-19)7-15-19;;/h1-15H2;2*1H/q+2;;/p-2. The smallest absolute Gasteiger partial charge is 0.0916 e. The molecule has 6 heterocycles. The summed E-state index contributed by atoms with van der Waals surface area (Å²) in [6, 6.07) is 0. The molecule has 0 unspecified atom stereocenters. The Morgan fingerprint density at radius 1 is 0.524 bits per heavy atom. The van der Waals surface area contributed by atoms with Crippen LogP contribution in [0, 0.1) is 0 Å². The Morgan fingerprint density at radius 2 is 0.810 bits per heavy atom. The van der Waals surface area contributed by atoms with E-state index in [2.05, 4.69) is 9.80 Å². The lowest BCUT2D eigenvalue weighted by Gasteiger charge is -2.52. The third-order valence-corrected chi connectivity index (χ3v) is 6.61. The topological polar surface area (TPSA) is 6.48 Å². The van der Waals surface area contributed by atoms with E-state index in [0.29, 0.717) is 0 Å². The van der Waals surface area contributed by atoms with Gasteiger partial charge in [0, 0.05) is 45.7 Å². The molecule has 4 nitrogen and oxygen atoms in total. The second kappa shape index (κ2) is 7.14. The van der Waals surface area contributed by atoms with Crippen LogP contribution in [0.4, 0.5) is 0 Å². The van der Waals surface area contributed by atoms with Gasteiger partial charge in [-0.2, -0.15) is 0 Å². The van der Waals surface area contributed by atoms with Crippen molar-refractivity contribution >= 4 is 0 Å². The highest BCUT2D eigenvalue weighted by Gasteiger charge is 2.41. The minimum Gasteiger partial charge on any atom is -1.00 e. The van der Waals surface area contributed by atoms with E-state index in [9.17, 15) is 0 Å². The van der Waals surface area contributed by atoms with Crippen molar-refractivity contribution in [2.75, 3.05) is 91.6 Å². The van der Waals surface area contributed by atoms with Crippen LogP contribution in [0.1, 0.15) is 6.42 Å². The largest absolute Gasteiger partial charge is 1.00 e. The SMILES string of the molecule is C(C[N+]12CCN(CC1)CC2)C[N+]12CCN(CC1)CC2.[Br-].[Br-]. The van der Waals surface area contributed by atoms with Gasteiger partial charge in [-0.25, -0.2) is 0 Å². The number of hydrogen-bond acceptors (Lipinski definition) is 2. The zero-order valence-electron chi connectivity index (χ0n) is 13.2. The van der Waals surface area contributed by atoms with Crippen molar-refractivity contribution in [1.29, 1.82) is 0 Å². The van der Waals surface area contributed by atoms with Crippen LogP contribution in [-0.4, -0.2) is 110 Å². The maximum atomic E-state index is 2.66. The lowest BCUT2D eigenvalue weighted by molar-refractivity contribution is -0.958. The zero-order valence-corrected chi connectivity index (χ0v) is 16.3. The molecule has 0 spiro atoms. The molecule has 0 radical (unpaired) electrons. The highest BCUT2D eigenvalue weighted by Crippen LogP contribution is 2.23. The van der Waals surface area contributed by atoms with E-state index in [4.69, 9.17) is 0 Å². The van der Waals surface area contributed by atoms with E-state index in [1.807, 2.05) is 0 Å². The van der Waals surface area contributed by atoms with Gasteiger partial charge in [0.2, 0.25) is 0 Å². The van der Waals surface area contributed by atoms with Crippen molar-refractivity contribution in [3.05, 3.63) is 0 Å². The third kappa shape index (κ3) is 3.66. The molecule has 6 rings (SSSR count). The Labute approximate surface area is 150 Å². The lowest BCUT2D eigenvalue weighted by Crippen LogP contribution is -3.00. The van der Waals surface area contributed by atoms with Gasteiger partial charge in [-0.15, -0.1) is 0 Å². The van der Waals surface area contributed by atoms with Crippen molar-refractivity contribution in [2.24, 2.45) is 0 Å². The zero-order chi connectivity index (χ0) is 12.8. The van der Waals surface area contributed by atoms with Crippen LogP contribution >= 0.6 is 0 Å². The molecular formula is C15H30Br2N4. The molecule has 6 heteroatoms. The molecule has 0 aromatic heterocycles. The minimum absolute atomic E-state index is 0. The van der Waals surface area contributed by atoms with Crippen LogP contribution < -0.4 is 34.0 Å². The summed E-state index contributed by atoms with van der Waals surface area (Å²) in [5.41, 5.74) is 0. The molecule has 21 heavy (non-hydrogen) atoms. The summed E-state index contributed by atoms with van der Waals surface area (Å²) in [4.78, 5) is 5.32. The number of rotatable bonds is 4. The van der Waals surface area contributed by atoms with Crippen LogP contribution in [0.2, 0.25) is 0 Å². The van der Waals surface area contributed by atoms with Crippen LogP contribution in [0.5, 0.6) is 0 Å². The predicted molar refractivity (Wildman–Crippen MR) is 77.0 cm³/mol. The van der Waals surface area contributed by atoms with E-state index in [0.717, 1.165) is 0 Å². The summed E-state index contributed by atoms with van der Waals surface area (Å²) in [5.74, 6) is 0. The van der Waals surface area contributed by atoms with E-state index in [1.54, 1.807) is 0 Å². The highest BCUT2D eigenvalue weighted by atomic mass is 79.9. The quantitative estimate of drug-likeness (QED) is 0.413. The summed E-state index contributed by atoms with van der Waals surface area (Å²) in [5, 5.41) is 0. The van der Waals surface area contributed by atoms with Crippen molar-refractivity contribution in [1.82, 2.24) is 9.80 Å². The Bertz CT molecular complexity index is 277. The molecule has 6 aliphatic heterocycles. The lowest BCUT2D eigenvalue weighted by atomic mass is 10.1. The summed E-state index contributed by atoms with van der Waals surface area (Å²) < 4.78 is 2.92. The van der Waals surface area contributed by atoms with Gasteiger partial charge in [0.25, 0.3) is 0 Å². The number of nitrogens with zero attached hydrogens (tertiary/aromatic N) is 4. The number of hydrogen-bond donors (Lipinski definition) is 0. The van der Waals surface area contributed by atoms with Gasteiger partial charge in [-0.3, -0.25) is 9.80 Å². The molecule has 6 fully saturated rings. The van der Waals surface area contributed by atoms with Crippen LogP contribution in [0.25, 0.3) is 0 Å². The normalized spacial score (nSPS) is 44.0. The van der Waals surface area contributed by atoms with E-state index in [-0.39, 0.29) is 34.0 Å². The summed E-state index contributed by atoms with van der Waals surface area (Å²) in [7, 11) is 0. The van der Waals surface area contributed by atoms with Gasteiger partial charge < -0.3 is 42.9 Å². The average Bonchev–Trinajstić information content (AvgIpc) is 2.50. The summed E-state index contributed by atoms with van der Waals surface area (Å²) in [6.45, 7) is 19.8. The van der Waals surface area contributed by atoms with Gasteiger partial charge in [0.05, 0.1) is 52.4 Å². The first-order valence-corrected chi connectivity index (χ1v) is 8.43. The first-order valence-electron chi connectivity index (χ1n) is 8.43. The van der Waals surface area contributed by atoms with Crippen LogP contribution in [-0.2, 0) is 0 Å². The van der Waals surface area contributed by atoms with Crippen LogP contribution in [0.15, 0.2) is 0 Å². The minimum atomic E-state index is 0. The molecule has 6 aliphatic rings. The fraction of sp³-hybridized carbons (Fsp3) is 1.00. The van der Waals surface area contributed by atoms with E-state index >= 15 is 0 Å². The molecule has 0 aliphatic carbocycles. The molecular weight excluding hydrogens is 396 g/mol. The average molecular weight is 426 g/mol. The predicted octanol–water partition coefficient (Wildman–Crippen LogP) is -6.32. The Hall–Kier alpha value is 0.800. The van der Waals surface area contributed by atoms with Crippen molar-refractivity contribution in [3.63, 3.8) is 0 Å². The van der Waals surface area contributed by atoms with Gasteiger partial charge in [-0.1, -0.05) is 0 Å². The molecule has 124 valence electrons. The van der Waals surface area contributed by atoms with Crippen molar-refractivity contribution in [3.8, 4) is 0 Å². The van der Waals surface area contributed by atoms with Gasteiger partial charge in [0.1, 0.15) is 0 Å². The third-order valence-electron chi connectivity index (χ3n) is 6.61. The number of quaternary nitrogens is 2. The number of halogens is 2. The van der Waals surface area contributed by atoms with Gasteiger partial charge in [-0.05, 0) is 0 Å². The molecule has 0 N–H and O–H groups in total. The first-order chi connectivity index (χ1) is 9.28. The Morgan fingerprint density at radius 3 is 1.10 bits per heavy atom. The first kappa shape index (κ1) is 18.1.